The normalized spacial score (nSPS) is 12.2. The quantitative estimate of drug-likeness (QED) is 0.882. The lowest BCUT2D eigenvalue weighted by Crippen LogP contribution is -2.23. The van der Waals surface area contributed by atoms with Gasteiger partial charge in [0.1, 0.15) is 5.75 Å². The molecular weight excluding hydrogens is 272 g/mol. The number of pyridine rings is 1. The molecule has 1 aromatic carbocycles. The average Bonchev–Trinajstić information content (AvgIpc) is 2.48. The lowest BCUT2D eigenvalue weighted by Gasteiger charge is -2.19. The van der Waals surface area contributed by atoms with Gasteiger partial charge in [-0.1, -0.05) is 24.6 Å². The van der Waals surface area contributed by atoms with E-state index in [0.29, 0.717) is 10.8 Å². The van der Waals surface area contributed by atoms with Gasteiger partial charge in [-0.2, -0.15) is 0 Å². The van der Waals surface area contributed by atoms with Gasteiger partial charge < -0.3 is 10.1 Å². The zero-order chi connectivity index (χ0) is 14.4. The number of aromatic nitrogens is 1. The van der Waals surface area contributed by atoms with Gasteiger partial charge in [0.2, 0.25) is 0 Å². The Labute approximate surface area is 124 Å². The van der Waals surface area contributed by atoms with Crippen LogP contribution in [0.2, 0.25) is 5.02 Å². The van der Waals surface area contributed by atoms with Crippen LogP contribution in [-0.2, 0) is 6.42 Å². The minimum Gasteiger partial charge on any atom is -0.495 e. The number of nitrogens with one attached hydrogen (secondary N) is 1. The molecule has 106 valence electrons. The molecule has 0 fully saturated rings. The van der Waals surface area contributed by atoms with Crippen LogP contribution < -0.4 is 10.1 Å². The zero-order valence-corrected chi connectivity index (χ0v) is 12.5. The van der Waals surface area contributed by atoms with Crippen molar-refractivity contribution in [3.05, 3.63) is 58.9 Å². The first-order valence-electron chi connectivity index (χ1n) is 6.70. The molecular formula is C16H19ClN2O. The molecule has 3 nitrogen and oxygen atoms in total. The fourth-order valence-electron chi connectivity index (χ4n) is 2.20. The molecule has 0 saturated heterocycles. The molecule has 1 unspecified atom stereocenters. The largest absolute Gasteiger partial charge is 0.495 e. The van der Waals surface area contributed by atoms with E-state index in [2.05, 4.69) is 17.2 Å². The topological polar surface area (TPSA) is 34.2 Å². The van der Waals surface area contributed by atoms with Crippen molar-refractivity contribution in [3.8, 4) is 5.75 Å². The summed E-state index contributed by atoms with van der Waals surface area (Å²) in [6.45, 7) is 3.01. The minimum absolute atomic E-state index is 0.230. The number of likely N-dealkylation sites (N-methyl/N-ethyl adjacent to an activating group) is 1. The average molecular weight is 291 g/mol. The van der Waals surface area contributed by atoms with Crippen molar-refractivity contribution in [2.75, 3.05) is 13.7 Å². The summed E-state index contributed by atoms with van der Waals surface area (Å²) in [5.41, 5.74) is 2.42. The summed E-state index contributed by atoms with van der Waals surface area (Å²) in [4.78, 5) is 4.05. The van der Waals surface area contributed by atoms with E-state index >= 15 is 0 Å². The van der Waals surface area contributed by atoms with Gasteiger partial charge in [-0.05, 0) is 48.4 Å². The number of hydrogen-bond acceptors (Lipinski definition) is 3. The van der Waals surface area contributed by atoms with Crippen LogP contribution in [-0.4, -0.2) is 18.6 Å². The Kier molecular flexibility index (Phi) is 5.39. The molecule has 1 aromatic heterocycles. The molecule has 0 spiro atoms. The van der Waals surface area contributed by atoms with Crippen LogP contribution in [0.3, 0.4) is 0 Å². The maximum Gasteiger partial charge on any atom is 0.137 e. The van der Waals surface area contributed by atoms with Gasteiger partial charge in [0.05, 0.1) is 12.1 Å². The summed E-state index contributed by atoms with van der Waals surface area (Å²) in [6.07, 6.45) is 4.54. The SMILES string of the molecule is CCNC(Cc1ccncc1)c1ccc(Cl)c(OC)c1. The van der Waals surface area contributed by atoms with Crippen molar-refractivity contribution < 1.29 is 4.74 Å². The smallest absolute Gasteiger partial charge is 0.137 e. The van der Waals surface area contributed by atoms with Crippen molar-refractivity contribution in [3.63, 3.8) is 0 Å². The van der Waals surface area contributed by atoms with E-state index in [-0.39, 0.29) is 6.04 Å². The van der Waals surface area contributed by atoms with Crippen LogP contribution in [0, 0.1) is 0 Å². The van der Waals surface area contributed by atoms with Crippen LogP contribution in [0.4, 0.5) is 0 Å². The van der Waals surface area contributed by atoms with Gasteiger partial charge in [-0.3, -0.25) is 4.98 Å². The standard InChI is InChI=1S/C16H19ClN2O/c1-3-19-15(10-12-6-8-18-9-7-12)13-4-5-14(17)16(11-13)20-2/h4-9,11,15,19H,3,10H2,1-2H3. The Morgan fingerprint density at radius 2 is 2.00 bits per heavy atom. The second-order valence-electron chi connectivity index (χ2n) is 4.56. The summed E-state index contributed by atoms with van der Waals surface area (Å²) < 4.78 is 5.29. The molecule has 2 aromatic rings. The molecule has 4 heteroatoms. The molecule has 0 amide bonds. The van der Waals surface area contributed by atoms with Crippen molar-refractivity contribution in [1.82, 2.24) is 10.3 Å². The Morgan fingerprint density at radius 1 is 1.25 bits per heavy atom. The van der Waals surface area contributed by atoms with Gasteiger partial charge in [-0.25, -0.2) is 0 Å². The van der Waals surface area contributed by atoms with Crippen LogP contribution in [0.1, 0.15) is 24.1 Å². The predicted molar refractivity (Wildman–Crippen MR) is 82.4 cm³/mol. The molecule has 0 bridgehead atoms. The van der Waals surface area contributed by atoms with Crippen molar-refractivity contribution in [2.45, 2.75) is 19.4 Å². The van der Waals surface area contributed by atoms with E-state index < -0.39 is 0 Å². The fourth-order valence-corrected chi connectivity index (χ4v) is 2.40. The Hall–Kier alpha value is -1.58. The van der Waals surface area contributed by atoms with Gasteiger partial charge in [0.15, 0.2) is 0 Å². The molecule has 20 heavy (non-hydrogen) atoms. The molecule has 1 N–H and O–H groups in total. The summed E-state index contributed by atoms with van der Waals surface area (Å²) in [7, 11) is 1.64. The molecule has 0 saturated carbocycles. The van der Waals surface area contributed by atoms with Crippen LogP contribution in [0.15, 0.2) is 42.7 Å². The fraction of sp³-hybridized carbons (Fsp3) is 0.312. The van der Waals surface area contributed by atoms with Crippen molar-refractivity contribution in [2.24, 2.45) is 0 Å². The van der Waals surface area contributed by atoms with E-state index in [1.165, 1.54) is 11.1 Å². The number of benzene rings is 1. The highest BCUT2D eigenvalue weighted by molar-refractivity contribution is 6.32. The highest BCUT2D eigenvalue weighted by Gasteiger charge is 2.13. The number of halogens is 1. The first-order chi connectivity index (χ1) is 9.74. The lowest BCUT2D eigenvalue weighted by molar-refractivity contribution is 0.413. The molecule has 2 rings (SSSR count). The molecule has 1 atom stereocenters. The Bertz CT molecular complexity index is 545. The Balaban J connectivity index is 2.24. The highest BCUT2D eigenvalue weighted by atomic mass is 35.5. The van der Waals surface area contributed by atoms with E-state index in [9.17, 15) is 0 Å². The maximum absolute atomic E-state index is 6.08. The molecule has 0 aliphatic rings. The second-order valence-corrected chi connectivity index (χ2v) is 4.97. The van der Waals surface area contributed by atoms with Gasteiger partial charge in [-0.15, -0.1) is 0 Å². The van der Waals surface area contributed by atoms with E-state index in [4.69, 9.17) is 16.3 Å². The highest BCUT2D eigenvalue weighted by Crippen LogP contribution is 2.29. The first kappa shape index (κ1) is 14.8. The molecule has 1 heterocycles. The monoisotopic (exact) mass is 290 g/mol. The van der Waals surface area contributed by atoms with Crippen molar-refractivity contribution >= 4 is 11.6 Å². The summed E-state index contributed by atoms with van der Waals surface area (Å²) in [5.74, 6) is 0.710. The lowest BCUT2D eigenvalue weighted by atomic mass is 9.99. The van der Waals surface area contributed by atoms with Crippen molar-refractivity contribution in [1.29, 1.82) is 0 Å². The van der Waals surface area contributed by atoms with Crippen LogP contribution >= 0.6 is 11.6 Å². The number of hydrogen-bond donors (Lipinski definition) is 1. The van der Waals surface area contributed by atoms with E-state index in [0.717, 1.165) is 13.0 Å². The second kappa shape index (κ2) is 7.27. The summed E-state index contributed by atoms with van der Waals surface area (Å²) >= 11 is 6.08. The maximum atomic E-state index is 6.08. The van der Waals surface area contributed by atoms with E-state index in [1.807, 2.05) is 42.7 Å². The first-order valence-corrected chi connectivity index (χ1v) is 7.08. The third kappa shape index (κ3) is 3.71. The number of nitrogens with zero attached hydrogens (tertiary/aromatic N) is 1. The predicted octanol–water partition coefficient (Wildman–Crippen LogP) is 3.64. The molecule has 0 radical (unpaired) electrons. The summed E-state index contributed by atoms with van der Waals surface area (Å²) in [6, 6.07) is 10.2. The van der Waals surface area contributed by atoms with Crippen LogP contribution in [0.25, 0.3) is 0 Å². The third-order valence-electron chi connectivity index (χ3n) is 3.22. The minimum atomic E-state index is 0.230. The molecule has 0 aliphatic carbocycles. The van der Waals surface area contributed by atoms with Gasteiger partial charge in [0.25, 0.3) is 0 Å². The number of methoxy groups -OCH3 is 1. The zero-order valence-electron chi connectivity index (χ0n) is 11.8. The summed E-state index contributed by atoms with van der Waals surface area (Å²) in [5, 5.41) is 4.13. The van der Waals surface area contributed by atoms with Gasteiger partial charge >= 0.3 is 0 Å². The van der Waals surface area contributed by atoms with E-state index in [1.54, 1.807) is 7.11 Å². The number of rotatable bonds is 6. The van der Waals surface area contributed by atoms with Gasteiger partial charge in [0, 0.05) is 18.4 Å². The number of ether oxygens (including phenoxy) is 1. The molecule has 0 aliphatic heterocycles. The third-order valence-corrected chi connectivity index (χ3v) is 3.53. The van der Waals surface area contributed by atoms with Crippen LogP contribution in [0.5, 0.6) is 5.75 Å². The Morgan fingerprint density at radius 3 is 2.65 bits per heavy atom.